The Balaban J connectivity index is 2.56. The molecule has 0 unspecified atom stereocenters. The number of nitrogens with zero attached hydrogens (tertiary/aromatic N) is 2. The van der Waals surface area contributed by atoms with Crippen LogP contribution in [0.25, 0.3) is 22.2 Å². The third-order valence-electron chi connectivity index (χ3n) is 4.15. The summed E-state index contributed by atoms with van der Waals surface area (Å²) in [5.74, 6) is 1.28. The van der Waals surface area contributed by atoms with Gasteiger partial charge in [-0.15, -0.1) is 6.42 Å². The number of ether oxygens (including phenoxy) is 2. The zero-order chi connectivity index (χ0) is 20.4. The van der Waals surface area contributed by atoms with E-state index in [4.69, 9.17) is 27.5 Å². The highest BCUT2D eigenvalue weighted by molar-refractivity contribution is 6.32. The lowest BCUT2D eigenvalue weighted by Gasteiger charge is -2.17. The maximum Gasteiger partial charge on any atom is 0.264 e. The van der Waals surface area contributed by atoms with Crippen LogP contribution in [-0.4, -0.2) is 28.4 Å². The topological polar surface area (TPSA) is 73.6 Å². The van der Waals surface area contributed by atoms with Crippen LogP contribution in [0.5, 0.6) is 17.2 Å². The van der Waals surface area contributed by atoms with Crippen LogP contribution < -0.4 is 15.0 Å². The van der Waals surface area contributed by atoms with Crippen molar-refractivity contribution in [2.45, 2.75) is 13.5 Å². The predicted octanol–water partition coefficient (Wildman–Crippen LogP) is 3.60. The monoisotopic (exact) mass is 402 g/mol. The van der Waals surface area contributed by atoms with Crippen molar-refractivity contribution in [1.29, 1.82) is 0 Å². The fourth-order valence-corrected chi connectivity index (χ4v) is 3.22. The van der Waals surface area contributed by atoms with Crippen molar-refractivity contribution in [3.63, 3.8) is 0 Å². The molecule has 0 aliphatic heterocycles. The largest absolute Gasteiger partial charge is 0.506 e. The smallest absolute Gasteiger partial charge is 0.264 e. The van der Waals surface area contributed by atoms with Crippen LogP contribution in [0.3, 0.4) is 0 Å². The van der Waals surface area contributed by atoms with Gasteiger partial charge in [-0.1, -0.05) is 17.5 Å². The molecule has 0 saturated heterocycles. The lowest BCUT2D eigenvalue weighted by Crippen LogP contribution is -2.23. The predicted molar refractivity (Wildman–Crippen MR) is 105 cm³/mol. The normalized spacial score (nSPS) is 10.7. The zero-order valence-corrected chi connectivity index (χ0v) is 15.9. The Hall–Kier alpha value is -3.24. The fraction of sp³-hybridized carbons (Fsp3) is 0.200. The van der Waals surface area contributed by atoms with Crippen molar-refractivity contribution in [3.8, 4) is 40.7 Å². The number of fused-ring (bicyclic) bond motifs is 1. The molecule has 1 N–H and O–H groups in total. The number of terminal acetylenes is 1. The molecular formula is C20H16ClFN2O4. The van der Waals surface area contributed by atoms with E-state index in [0.717, 1.165) is 10.6 Å². The number of benzene rings is 1. The van der Waals surface area contributed by atoms with Crippen LogP contribution in [0.1, 0.15) is 6.92 Å². The summed E-state index contributed by atoms with van der Waals surface area (Å²) < 4.78 is 26.7. The quantitative estimate of drug-likeness (QED) is 0.660. The molecule has 144 valence electrons. The molecule has 2 aromatic heterocycles. The lowest BCUT2D eigenvalue weighted by molar-refractivity contribution is 0.340. The van der Waals surface area contributed by atoms with Crippen molar-refractivity contribution < 1.29 is 19.0 Å². The van der Waals surface area contributed by atoms with E-state index in [2.05, 4.69) is 10.9 Å². The zero-order valence-electron chi connectivity index (χ0n) is 15.1. The molecule has 8 heteroatoms. The average Bonchev–Trinajstić information content (AvgIpc) is 2.69. The van der Waals surface area contributed by atoms with Gasteiger partial charge in [0.15, 0.2) is 5.65 Å². The summed E-state index contributed by atoms with van der Waals surface area (Å²) in [6, 6.07) is 3.91. The first-order valence-corrected chi connectivity index (χ1v) is 8.67. The first-order valence-electron chi connectivity index (χ1n) is 8.29. The first kappa shape index (κ1) is 19.5. The SMILES string of the molecule is C#CCn1c(=O)c(-c2c(F)ccc(Cl)c2OCC)c(O)c2c(OC)ccnc21. The Labute approximate surface area is 165 Å². The number of halogens is 2. The molecule has 3 aromatic rings. The highest BCUT2D eigenvalue weighted by Crippen LogP contribution is 2.44. The molecule has 0 fully saturated rings. The number of hydrogen-bond donors (Lipinski definition) is 1. The van der Waals surface area contributed by atoms with Crippen molar-refractivity contribution in [3.05, 3.63) is 45.6 Å². The summed E-state index contributed by atoms with van der Waals surface area (Å²) in [7, 11) is 1.40. The molecule has 0 aliphatic carbocycles. The lowest BCUT2D eigenvalue weighted by atomic mass is 10.0. The third kappa shape index (κ3) is 3.02. The maximum absolute atomic E-state index is 14.8. The number of aromatic hydroxyl groups is 1. The molecule has 0 amide bonds. The number of rotatable bonds is 5. The second-order valence-electron chi connectivity index (χ2n) is 5.70. The molecule has 0 radical (unpaired) electrons. The van der Waals surface area contributed by atoms with Gasteiger partial charge in [0, 0.05) is 6.20 Å². The molecule has 0 aliphatic rings. The van der Waals surface area contributed by atoms with Crippen molar-refractivity contribution >= 4 is 22.6 Å². The molecular weight excluding hydrogens is 387 g/mol. The van der Waals surface area contributed by atoms with Gasteiger partial charge >= 0.3 is 0 Å². The van der Waals surface area contributed by atoms with Crippen LogP contribution in [0.15, 0.2) is 29.2 Å². The number of pyridine rings is 2. The van der Waals surface area contributed by atoms with Gasteiger partial charge in [-0.3, -0.25) is 9.36 Å². The Morgan fingerprint density at radius 1 is 1.36 bits per heavy atom. The molecule has 28 heavy (non-hydrogen) atoms. The summed E-state index contributed by atoms with van der Waals surface area (Å²) >= 11 is 6.16. The highest BCUT2D eigenvalue weighted by Gasteiger charge is 2.27. The minimum Gasteiger partial charge on any atom is -0.506 e. The van der Waals surface area contributed by atoms with Crippen LogP contribution >= 0.6 is 11.6 Å². The molecule has 6 nitrogen and oxygen atoms in total. The second kappa shape index (κ2) is 7.79. The van der Waals surface area contributed by atoms with E-state index >= 15 is 0 Å². The molecule has 0 spiro atoms. The van der Waals surface area contributed by atoms with Gasteiger partial charge in [-0.25, -0.2) is 9.37 Å². The molecule has 3 rings (SSSR count). The summed E-state index contributed by atoms with van der Waals surface area (Å²) in [4.78, 5) is 17.3. The number of aromatic nitrogens is 2. The summed E-state index contributed by atoms with van der Waals surface area (Å²) in [5, 5.41) is 11.2. The second-order valence-corrected chi connectivity index (χ2v) is 6.10. The summed E-state index contributed by atoms with van der Waals surface area (Å²) in [6.45, 7) is 1.72. The van der Waals surface area contributed by atoms with Crippen molar-refractivity contribution in [2.24, 2.45) is 0 Å². The first-order chi connectivity index (χ1) is 13.5. The standard InChI is InChI=1S/C20H16ClFN2O4/c1-4-10-24-19-15(13(27-3)8-9-23-19)17(25)16(20(24)26)14-12(22)7-6-11(21)18(14)28-5-2/h1,6-9,25H,5,10H2,2-3H3. The van der Waals surface area contributed by atoms with Gasteiger partial charge in [-0.2, -0.15) is 0 Å². The van der Waals surface area contributed by atoms with E-state index in [1.54, 1.807) is 6.92 Å². The summed E-state index contributed by atoms with van der Waals surface area (Å²) in [5.41, 5.74) is -1.21. The van der Waals surface area contributed by atoms with Gasteiger partial charge in [0.25, 0.3) is 5.56 Å². The summed E-state index contributed by atoms with van der Waals surface area (Å²) in [6.07, 6.45) is 6.81. The molecule has 0 atom stereocenters. The van der Waals surface area contributed by atoms with Gasteiger partial charge < -0.3 is 14.6 Å². The molecule has 1 aromatic carbocycles. The van der Waals surface area contributed by atoms with E-state index in [9.17, 15) is 14.3 Å². The average molecular weight is 403 g/mol. The minimum absolute atomic E-state index is 0.0500. The van der Waals surface area contributed by atoms with E-state index in [-0.39, 0.29) is 51.8 Å². The minimum atomic E-state index is -0.783. The number of hydrogen-bond acceptors (Lipinski definition) is 5. The van der Waals surface area contributed by atoms with Crippen molar-refractivity contribution in [2.75, 3.05) is 13.7 Å². The van der Waals surface area contributed by atoms with Crippen LogP contribution in [0.4, 0.5) is 4.39 Å². The Morgan fingerprint density at radius 2 is 2.11 bits per heavy atom. The van der Waals surface area contributed by atoms with Gasteiger partial charge in [-0.05, 0) is 25.1 Å². The van der Waals surface area contributed by atoms with Crippen LogP contribution in [0, 0.1) is 18.2 Å². The third-order valence-corrected chi connectivity index (χ3v) is 4.45. The Bertz CT molecular complexity index is 1170. The van der Waals surface area contributed by atoms with Crippen molar-refractivity contribution in [1.82, 2.24) is 9.55 Å². The van der Waals surface area contributed by atoms with Crippen LogP contribution in [-0.2, 0) is 6.54 Å². The van der Waals surface area contributed by atoms with E-state index < -0.39 is 17.1 Å². The van der Waals surface area contributed by atoms with E-state index in [1.807, 2.05) is 0 Å². The van der Waals surface area contributed by atoms with Gasteiger partial charge in [0.1, 0.15) is 28.5 Å². The van der Waals surface area contributed by atoms with Gasteiger partial charge in [0.05, 0.1) is 36.4 Å². The highest BCUT2D eigenvalue weighted by atomic mass is 35.5. The van der Waals surface area contributed by atoms with E-state index in [0.29, 0.717) is 0 Å². The fourth-order valence-electron chi connectivity index (χ4n) is 3.00. The molecule has 0 bridgehead atoms. The van der Waals surface area contributed by atoms with Crippen LogP contribution in [0.2, 0.25) is 5.02 Å². The van der Waals surface area contributed by atoms with E-state index in [1.165, 1.54) is 25.4 Å². The maximum atomic E-state index is 14.8. The molecule has 2 heterocycles. The Kier molecular flexibility index (Phi) is 5.43. The Morgan fingerprint density at radius 3 is 2.75 bits per heavy atom. The molecule has 0 saturated carbocycles. The van der Waals surface area contributed by atoms with Gasteiger partial charge in [0.2, 0.25) is 0 Å². The number of methoxy groups -OCH3 is 1.